The van der Waals surface area contributed by atoms with E-state index in [-0.39, 0.29) is 0 Å². The molecule has 0 atom stereocenters. The number of nitrogens with zero attached hydrogens (tertiary/aromatic N) is 1. The van der Waals surface area contributed by atoms with Gasteiger partial charge in [-0.1, -0.05) is 0 Å². The van der Waals surface area contributed by atoms with Crippen LogP contribution in [0.25, 0.3) is 9.88 Å². The summed E-state index contributed by atoms with van der Waals surface area (Å²) in [6.45, 7) is 1.99. The van der Waals surface area contributed by atoms with Crippen LogP contribution >= 0.6 is 38.6 Å². The summed E-state index contributed by atoms with van der Waals surface area (Å²) in [5, 5.41) is 1.01. The smallest absolute Gasteiger partial charge is 0.138 e. The van der Waals surface area contributed by atoms with Crippen molar-refractivity contribution in [3.63, 3.8) is 0 Å². The molecule has 2 aromatic heterocycles. The molecule has 0 aliphatic heterocycles. The summed E-state index contributed by atoms with van der Waals surface area (Å²) in [5.41, 5.74) is 5.68. The molecule has 0 saturated heterocycles. The van der Waals surface area contributed by atoms with E-state index in [1.54, 1.807) is 22.7 Å². The van der Waals surface area contributed by atoms with Gasteiger partial charge >= 0.3 is 0 Å². The highest BCUT2D eigenvalue weighted by atomic mass is 79.9. The second-order valence-electron chi connectivity index (χ2n) is 2.56. The molecule has 0 aromatic carbocycles. The van der Waals surface area contributed by atoms with E-state index in [2.05, 4.69) is 20.9 Å². The Bertz CT molecular complexity index is 414. The topological polar surface area (TPSA) is 38.9 Å². The van der Waals surface area contributed by atoms with E-state index in [9.17, 15) is 0 Å². The van der Waals surface area contributed by atoms with Crippen LogP contribution in [0.1, 0.15) is 4.88 Å². The number of hydrogen-bond acceptors (Lipinski definition) is 4. The van der Waals surface area contributed by atoms with Gasteiger partial charge in [0.15, 0.2) is 0 Å². The largest absolute Gasteiger partial charge is 0.383 e. The van der Waals surface area contributed by atoms with Gasteiger partial charge in [0, 0.05) is 4.88 Å². The fourth-order valence-corrected chi connectivity index (χ4v) is 3.22. The Morgan fingerprint density at radius 1 is 1.38 bits per heavy atom. The molecular formula is C8H7BrN2S2. The molecule has 0 unspecified atom stereocenters. The second-order valence-corrected chi connectivity index (χ2v) is 6.23. The molecule has 2 nitrogen and oxygen atoms in total. The summed E-state index contributed by atoms with van der Waals surface area (Å²) < 4.78 is 1.12. The number of nitrogen functional groups attached to an aromatic ring is 1. The number of rotatable bonds is 1. The van der Waals surface area contributed by atoms with Gasteiger partial charge in [0.2, 0.25) is 0 Å². The highest BCUT2D eigenvalue weighted by Crippen LogP contribution is 2.35. The molecule has 0 aliphatic rings. The lowest BCUT2D eigenvalue weighted by Crippen LogP contribution is -1.85. The van der Waals surface area contributed by atoms with Crippen molar-refractivity contribution in [2.45, 2.75) is 6.92 Å². The lowest BCUT2D eigenvalue weighted by Gasteiger charge is -1.85. The van der Waals surface area contributed by atoms with Crippen LogP contribution in [0.2, 0.25) is 0 Å². The molecule has 13 heavy (non-hydrogen) atoms. The normalized spacial score (nSPS) is 10.6. The zero-order valence-electron chi connectivity index (χ0n) is 6.87. The number of thiazole rings is 1. The van der Waals surface area contributed by atoms with E-state index in [0.29, 0.717) is 5.82 Å². The first-order chi connectivity index (χ1) is 6.16. The van der Waals surface area contributed by atoms with Crippen LogP contribution in [0.15, 0.2) is 15.9 Å². The third-order valence-electron chi connectivity index (χ3n) is 1.62. The highest BCUT2D eigenvalue weighted by molar-refractivity contribution is 9.11. The molecule has 0 spiro atoms. The van der Waals surface area contributed by atoms with Gasteiger partial charge in [-0.25, -0.2) is 4.98 Å². The van der Waals surface area contributed by atoms with E-state index in [4.69, 9.17) is 5.73 Å². The third-order valence-corrected chi connectivity index (χ3v) is 4.40. The van der Waals surface area contributed by atoms with Crippen LogP contribution in [0.4, 0.5) is 5.82 Å². The van der Waals surface area contributed by atoms with Crippen molar-refractivity contribution < 1.29 is 0 Å². The SMILES string of the molecule is Cc1sc(-c2ccc(Br)s2)nc1N. The summed E-state index contributed by atoms with van der Waals surface area (Å²) in [4.78, 5) is 6.53. The Morgan fingerprint density at radius 3 is 2.62 bits per heavy atom. The highest BCUT2D eigenvalue weighted by Gasteiger charge is 2.08. The first kappa shape index (κ1) is 9.18. The van der Waals surface area contributed by atoms with Crippen LogP contribution in [-0.4, -0.2) is 4.98 Å². The molecule has 0 bridgehead atoms. The standard InChI is InChI=1S/C8H7BrN2S2/c1-4-7(10)11-8(12-4)5-2-3-6(9)13-5/h2-3H,10H2,1H3. The van der Waals surface area contributed by atoms with Gasteiger partial charge in [-0.15, -0.1) is 22.7 Å². The molecule has 2 heterocycles. The third kappa shape index (κ3) is 1.77. The fourth-order valence-electron chi connectivity index (χ4n) is 0.943. The second kappa shape index (κ2) is 3.40. The number of nitrogens with two attached hydrogens (primary N) is 1. The van der Waals surface area contributed by atoms with Crippen LogP contribution in [0, 0.1) is 6.92 Å². The van der Waals surface area contributed by atoms with E-state index in [1.165, 1.54) is 0 Å². The van der Waals surface area contributed by atoms with E-state index < -0.39 is 0 Å². The van der Waals surface area contributed by atoms with Gasteiger partial charge in [0.25, 0.3) is 0 Å². The van der Waals surface area contributed by atoms with Gasteiger partial charge in [-0.05, 0) is 35.0 Å². The molecule has 0 aliphatic carbocycles. The van der Waals surface area contributed by atoms with Gasteiger partial charge < -0.3 is 5.73 Å². The molecule has 2 N–H and O–H groups in total. The molecule has 68 valence electrons. The Kier molecular flexibility index (Phi) is 2.40. The van der Waals surface area contributed by atoms with Crippen molar-refractivity contribution in [3.8, 4) is 9.88 Å². The lowest BCUT2D eigenvalue weighted by atomic mass is 10.5. The minimum Gasteiger partial charge on any atom is -0.383 e. The molecule has 2 aromatic rings. The van der Waals surface area contributed by atoms with Crippen molar-refractivity contribution in [2.75, 3.05) is 5.73 Å². The Morgan fingerprint density at radius 2 is 2.15 bits per heavy atom. The Hall–Kier alpha value is -0.390. The quantitative estimate of drug-likeness (QED) is 0.864. The van der Waals surface area contributed by atoms with Gasteiger partial charge in [0.05, 0.1) is 8.66 Å². The number of anilines is 1. The van der Waals surface area contributed by atoms with Crippen molar-refractivity contribution in [2.24, 2.45) is 0 Å². The molecule has 2 rings (SSSR count). The maximum Gasteiger partial charge on any atom is 0.138 e. The van der Waals surface area contributed by atoms with Gasteiger partial charge in [-0.3, -0.25) is 0 Å². The molecule has 0 amide bonds. The molecule has 0 radical (unpaired) electrons. The number of aromatic nitrogens is 1. The number of aryl methyl sites for hydroxylation is 1. The summed E-state index contributed by atoms with van der Waals surface area (Å²) in [6.07, 6.45) is 0. The minimum atomic E-state index is 0.643. The average molecular weight is 275 g/mol. The van der Waals surface area contributed by atoms with Crippen LogP contribution in [0.5, 0.6) is 0 Å². The Balaban J connectivity index is 2.46. The predicted octanol–water partition coefficient (Wildman–Crippen LogP) is 3.52. The summed E-state index contributed by atoms with van der Waals surface area (Å²) in [7, 11) is 0. The molecular weight excluding hydrogens is 268 g/mol. The summed E-state index contributed by atoms with van der Waals surface area (Å²) >= 11 is 6.73. The van der Waals surface area contributed by atoms with Crippen molar-refractivity contribution >= 4 is 44.4 Å². The lowest BCUT2D eigenvalue weighted by molar-refractivity contribution is 1.40. The van der Waals surface area contributed by atoms with Gasteiger partial charge in [0.1, 0.15) is 10.8 Å². The number of halogens is 1. The Labute approximate surface area is 92.6 Å². The van der Waals surface area contributed by atoms with E-state index in [0.717, 1.165) is 18.5 Å². The van der Waals surface area contributed by atoms with Crippen molar-refractivity contribution in [3.05, 3.63) is 20.8 Å². The number of thiophene rings is 1. The first-order valence-electron chi connectivity index (χ1n) is 3.65. The van der Waals surface area contributed by atoms with Crippen LogP contribution in [0.3, 0.4) is 0 Å². The summed E-state index contributed by atoms with van der Waals surface area (Å²) in [5.74, 6) is 0.643. The predicted molar refractivity (Wildman–Crippen MR) is 62.3 cm³/mol. The average Bonchev–Trinajstić information content (AvgIpc) is 2.61. The minimum absolute atomic E-state index is 0.643. The molecule has 0 fully saturated rings. The zero-order valence-corrected chi connectivity index (χ0v) is 10.1. The molecule has 5 heteroatoms. The first-order valence-corrected chi connectivity index (χ1v) is 6.08. The van der Waals surface area contributed by atoms with E-state index in [1.807, 2.05) is 19.1 Å². The number of hydrogen-bond donors (Lipinski definition) is 1. The van der Waals surface area contributed by atoms with Crippen molar-refractivity contribution in [1.82, 2.24) is 4.98 Å². The van der Waals surface area contributed by atoms with Crippen molar-refractivity contribution in [1.29, 1.82) is 0 Å². The zero-order chi connectivity index (χ0) is 9.42. The van der Waals surface area contributed by atoms with Crippen LogP contribution in [-0.2, 0) is 0 Å². The van der Waals surface area contributed by atoms with Gasteiger partial charge in [-0.2, -0.15) is 0 Å². The monoisotopic (exact) mass is 274 g/mol. The maximum absolute atomic E-state index is 5.68. The summed E-state index contributed by atoms with van der Waals surface area (Å²) in [6, 6.07) is 4.07. The fraction of sp³-hybridized carbons (Fsp3) is 0.125. The van der Waals surface area contributed by atoms with E-state index >= 15 is 0 Å². The maximum atomic E-state index is 5.68. The molecule has 0 saturated carbocycles. The van der Waals surface area contributed by atoms with Crippen LogP contribution < -0.4 is 5.73 Å².